The second-order valence-electron chi connectivity index (χ2n) is 6.41. The number of fused-ring (bicyclic) bond motifs is 1. The monoisotopic (exact) mass is 393 g/mol. The van der Waals surface area contributed by atoms with Gasteiger partial charge in [0.2, 0.25) is 0 Å². The van der Waals surface area contributed by atoms with Crippen molar-refractivity contribution in [2.45, 2.75) is 11.8 Å². The standard InChI is InChI=1S/C21H19N3O3S/c1-15-12-18(9-10-20(15)27-2)28(25,26)23-17-7-5-6-16(13-17)19-14-24-11-4-3-8-21(24)22-19/h3-14,23H,1-2H3. The molecule has 0 fully saturated rings. The minimum Gasteiger partial charge on any atom is -0.496 e. The van der Waals surface area contributed by atoms with Crippen LogP contribution in [0.1, 0.15) is 5.56 Å². The Balaban J connectivity index is 1.65. The molecule has 4 aromatic rings. The van der Waals surface area contributed by atoms with Crippen LogP contribution in [-0.2, 0) is 10.0 Å². The molecule has 28 heavy (non-hydrogen) atoms. The van der Waals surface area contributed by atoms with E-state index >= 15 is 0 Å². The van der Waals surface area contributed by atoms with Gasteiger partial charge in [-0.05, 0) is 55.0 Å². The Kier molecular flexibility index (Phi) is 4.52. The number of anilines is 1. The number of methoxy groups -OCH3 is 1. The van der Waals surface area contributed by atoms with E-state index in [-0.39, 0.29) is 4.90 Å². The van der Waals surface area contributed by atoms with Crippen LogP contribution in [0.3, 0.4) is 0 Å². The Hall–Kier alpha value is -3.32. The molecule has 0 saturated heterocycles. The lowest BCUT2D eigenvalue weighted by Gasteiger charge is -2.11. The van der Waals surface area contributed by atoms with Gasteiger partial charge in [-0.15, -0.1) is 0 Å². The van der Waals surface area contributed by atoms with Gasteiger partial charge < -0.3 is 9.14 Å². The molecule has 7 heteroatoms. The number of pyridine rings is 1. The smallest absolute Gasteiger partial charge is 0.261 e. The molecular formula is C21H19N3O3S. The summed E-state index contributed by atoms with van der Waals surface area (Å²) in [6.07, 6.45) is 3.83. The lowest BCUT2D eigenvalue weighted by atomic mass is 10.1. The number of rotatable bonds is 5. The molecule has 1 N–H and O–H groups in total. The molecule has 0 aliphatic heterocycles. The van der Waals surface area contributed by atoms with Gasteiger partial charge in [-0.1, -0.05) is 18.2 Å². The molecule has 0 atom stereocenters. The summed E-state index contributed by atoms with van der Waals surface area (Å²) in [7, 11) is -2.16. The molecule has 0 radical (unpaired) electrons. The number of imidazole rings is 1. The van der Waals surface area contributed by atoms with E-state index in [0.29, 0.717) is 11.4 Å². The van der Waals surface area contributed by atoms with Gasteiger partial charge in [-0.25, -0.2) is 13.4 Å². The van der Waals surface area contributed by atoms with Crippen LogP contribution in [0.5, 0.6) is 5.75 Å². The van der Waals surface area contributed by atoms with E-state index in [1.807, 2.05) is 48.0 Å². The zero-order valence-corrected chi connectivity index (χ0v) is 16.3. The van der Waals surface area contributed by atoms with Crippen LogP contribution in [-0.4, -0.2) is 24.9 Å². The van der Waals surface area contributed by atoms with Gasteiger partial charge in [0.25, 0.3) is 10.0 Å². The van der Waals surface area contributed by atoms with E-state index in [2.05, 4.69) is 9.71 Å². The maximum absolute atomic E-state index is 12.8. The SMILES string of the molecule is COc1ccc(S(=O)(=O)Nc2cccc(-c3cn4ccccc4n3)c2)cc1C. The number of aryl methyl sites for hydroxylation is 1. The molecule has 0 spiro atoms. The molecule has 2 aromatic carbocycles. The number of nitrogens with zero attached hydrogens (tertiary/aromatic N) is 2. The van der Waals surface area contributed by atoms with Crippen molar-refractivity contribution >= 4 is 21.4 Å². The zero-order valence-electron chi connectivity index (χ0n) is 15.5. The molecule has 0 aliphatic carbocycles. The van der Waals surface area contributed by atoms with Crippen LogP contribution < -0.4 is 9.46 Å². The van der Waals surface area contributed by atoms with Crippen LogP contribution in [0.4, 0.5) is 5.69 Å². The zero-order chi connectivity index (χ0) is 19.7. The molecule has 2 heterocycles. The predicted octanol–water partition coefficient (Wildman–Crippen LogP) is 4.12. The largest absolute Gasteiger partial charge is 0.496 e. The van der Waals surface area contributed by atoms with Crippen molar-refractivity contribution in [2.24, 2.45) is 0 Å². The fourth-order valence-electron chi connectivity index (χ4n) is 3.05. The number of hydrogen-bond donors (Lipinski definition) is 1. The average molecular weight is 393 g/mol. The van der Waals surface area contributed by atoms with E-state index in [9.17, 15) is 8.42 Å². The minimum absolute atomic E-state index is 0.184. The highest BCUT2D eigenvalue weighted by Gasteiger charge is 2.16. The first-order chi connectivity index (χ1) is 13.5. The third kappa shape index (κ3) is 3.44. The summed E-state index contributed by atoms with van der Waals surface area (Å²) in [4.78, 5) is 4.77. The maximum atomic E-state index is 12.8. The lowest BCUT2D eigenvalue weighted by molar-refractivity contribution is 0.411. The van der Waals surface area contributed by atoms with Crippen molar-refractivity contribution in [3.8, 4) is 17.0 Å². The summed E-state index contributed by atoms with van der Waals surface area (Å²) in [5, 5.41) is 0. The van der Waals surface area contributed by atoms with Gasteiger partial charge in [0.05, 0.1) is 17.7 Å². The third-order valence-corrected chi connectivity index (χ3v) is 5.83. The Morgan fingerprint density at radius 1 is 1.04 bits per heavy atom. The van der Waals surface area contributed by atoms with Crippen molar-refractivity contribution in [1.82, 2.24) is 9.38 Å². The van der Waals surface area contributed by atoms with Crippen LogP contribution in [0.2, 0.25) is 0 Å². The molecule has 0 amide bonds. The first-order valence-electron chi connectivity index (χ1n) is 8.68. The number of hydrogen-bond acceptors (Lipinski definition) is 4. The fraction of sp³-hybridized carbons (Fsp3) is 0.0952. The number of nitrogens with one attached hydrogen (secondary N) is 1. The Labute approximate surface area is 163 Å². The molecule has 4 rings (SSSR count). The third-order valence-electron chi connectivity index (χ3n) is 4.45. The van der Waals surface area contributed by atoms with E-state index in [1.54, 1.807) is 37.4 Å². The second-order valence-corrected chi connectivity index (χ2v) is 8.09. The van der Waals surface area contributed by atoms with Crippen LogP contribution in [0.25, 0.3) is 16.9 Å². The molecule has 0 unspecified atom stereocenters. The van der Waals surface area contributed by atoms with Crippen molar-refractivity contribution in [2.75, 3.05) is 11.8 Å². The van der Waals surface area contributed by atoms with Crippen molar-refractivity contribution in [3.63, 3.8) is 0 Å². The number of aromatic nitrogens is 2. The van der Waals surface area contributed by atoms with E-state index in [1.165, 1.54) is 6.07 Å². The molecule has 0 saturated carbocycles. The number of ether oxygens (including phenoxy) is 1. The second kappa shape index (κ2) is 7.01. The summed E-state index contributed by atoms with van der Waals surface area (Å²) in [5.41, 5.74) is 3.66. The molecule has 0 bridgehead atoms. The van der Waals surface area contributed by atoms with E-state index < -0.39 is 10.0 Å². The quantitative estimate of drug-likeness (QED) is 0.554. The van der Waals surface area contributed by atoms with Crippen molar-refractivity contribution < 1.29 is 13.2 Å². The van der Waals surface area contributed by atoms with Crippen LogP contribution in [0.15, 0.2) is 78.0 Å². The normalized spacial score (nSPS) is 11.5. The fourth-order valence-corrected chi connectivity index (χ4v) is 4.18. The molecule has 6 nitrogen and oxygen atoms in total. The average Bonchev–Trinajstić information content (AvgIpc) is 3.12. The highest BCUT2D eigenvalue weighted by atomic mass is 32.2. The van der Waals surface area contributed by atoms with Gasteiger partial charge in [0.1, 0.15) is 11.4 Å². The first kappa shape index (κ1) is 18.1. The van der Waals surface area contributed by atoms with Gasteiger partial charge in [-0.2, -0.15) is 0 Å². The van der Waals surface area contributed by atoms with Crippen molar-refractivity contribution in [3.05, 3.63) is 78.6 Å². The maximum Gasteiger partial charge on any atom is 0.261 e. The minimum atomic E-state index is -3.72. The van der Waals surface area contributed by atoms with Crippen LogP contribution in [0, 0.1) is 6.92 Å². The molecule has 142 valence electrons. The highest BCUT2D eigenvalue weighted by Crippen LogP contribution is 2.26. The molecule has 2 aromatic heterocycles. The summed E-state index contributed by atoms with van der Waals surface area (Å²) in [6.45, 7) is 1.81. The summed E-state index contributed by atoms with van der Waals surface area (Å²) < 4.78 is 35.3. The Morgan fingerprint density at radius 2 is 1.89 bits per heavy atom. The Morgan fingerprint density at radius 3 is 2.64 bits per heavy atom. The summed E-state index contributed by atoms with van der Waals surface area (Å²) in [5.74, 6) is 0.646. The van der Waals surface area contributed by atoms with Gasteiger partial charge in [0, 0.05) is 23.6 Å². The summed E-state index contributed by atoms with van der Waals surface area (Å²) in [6, 6.07) is 17.7. The van der Waals surface area contributed by atoms with Gasteiger partial charge >= 0.3 is 0 Å². The predicted molar refractivity (Wildman–Crippen MR) is 109 cm³/mol. The topological polar surface area (TPSA) is 72.7 Å². The number of benzene rings is 2. The summed E-state index contributed by atoms with van der Waals surface area (Å²) >= 11 is 0. The molecular weight excluding hydrogens is 374 g/mol. The number of sulfonamides is 1. The highest BCUT2D eigenvalue weighted by molar-refractivity contribution is 7.92. The first-order valence-corrected chi connectivity index (χ1v) is 10.2. The van der Waals surface area contributed by atoms with Gasteiger partial charge in [-0.3, -0.25) is 4.72 Å². The van der Waals surface area contributed by atoms with Crippen molar-refractivity contribution in [1.29, 1.82) is 0 Å². The van der Waals surface area contributed by atoms with E-state index in [4.69, 9.17) is 4.74 Å². The van der Waals surface area contributed by atoms with E-state index in [0.717, 1.165) is 22.5 Å². The lowest BCUT2D eigenvalue weighted by Crippen LogP contribution is -2.13. The Bertz CT molecular complexity index is 1230. The molecule has 0 aliphatic rings. The van der Waals surface area contributed by atoms with Gasteiger partial charge in [0.15, 0.2) is 0 Å². The van der Waals surface area contributed by atoms with Crippen LogP contribution >= 0.6 is 0 Å².